The molecule has 0 aliphatic carbocycles. The van der Waals surface area contributed by atoms with Crippen LogP contribution in [0.2, 0.25) is 0 Å². The summed E-state index contributed by atoms with van der Waals surface area (Å²) >= 11 is -0.405. The van der Waals surface area contributed by atoms with Gasteiger partial charge in [-0.3, -0.25) is 0 Å². The lowest BCUT2D eigenvalue weighted by molar-refractivity contribution is -0.0749. The lowest BCUT2D eigenvalue weighted by Crippen LogP contribution is -2.38. The molecule has 0 aromatic heterocycles. The van der Waals surface area contributed by atoms with E-state index in [9.17, 15) is 0 Å². The Bertz CT molecular complexity index is 300. The monoisotopic (exact) mass is 327 g/mol. The molecule has 18 heavy (non-hydrogen) atoms. The molecule has 1 aromatic rings. The van der Waals surface area contributed by atoms with Crippen molar-refractivity contribution < 1.29 is 9.47 Å². The van der Waals surface area contributed by atoms with E-state index in [1.54, 1.807) is 7.11 Å². The van der Waals surface area contributed by atoms with Gasteiger partial charge >= 0.3 is 20.4 Å². The Morgan fingerprint density at radius 2 is 1.94 bits per heavy atom. The van der Waals surface area contributed by atoms with Crippen molar-refractivity contribution in [2.45, 2.75) is 30.0 Å². The predicted octanol–water partition coefficient (Wildman–Crippen LogP) is 1.67. The van der Waals surface area contributed by atoms with Crippen LogP contribution >= 0.6 is 17.0 Å². The van der Waals surface area contributed by atoms with Crippen molar-refractivity contribution in [3.05, 3.63) is 30.3 Å². The highest BCUT2D eigenvalue weighted by molar-refractivity contribution is 8.93. The fraction of sp³-hybridized carbons (Fsp3) is 0.538. The number of hydrogen-bond acceptors (Lipinski definition) is 3. The summed E-state index contributed by atoms with van der Waals surface area (Å²) in [6.07, 6.45) is 2.14. The molecule has 3 nitrogen and oxygen atoms in total. The first-order valence-electron chi connectivity index (χ1n) is 6.16. The molecule has 0 amide bonds. The van der Waals surface area contributed by atoms with Crippen molar-refractivity contribution in [3.63, 3.8) is 0 Å². The maximum absolute atomic E-state index is 6.19. The summed E-state index contributed by atoms with van der Waals surface area (Å²) in [5.41, 5.74) is 6.19. The zero-order valence-electron chi connectivity index (χ0n) is 11.2. The molecule has 5 heteroatoms. The highest BCUT2D eigenvalue weighted by Crippen LogP contribution is 2.05. The van der Waals surface area contributed by atoms with Crippen LogP contribution in [-0.4, -0.2) is 44.5 Å². The molecule has 0 aliphatic rings. The molecule has 0 spiro atoms. The Kier molecular flexibility index (Phi) is 11.4. The van der Waals surface area contributed by atoms with Gasteiger partial charge in [-0.05, 0) is 12.8 Å². The molecular formula is C13H22BrMgNO2. The van der Waals surface area contributed by atoms with Crippen LogP contribution < -0.4 is 9.43 Å². The van der Waals surface area contributed by atoms with E-state index in [4.69, 9.17) is 15.2 Å². The van der Waals surface area contributed by atoms with Gasteiger partial charge in [0.15, 0.2) is 0 Å². The van der Waals surface area contributed by atoms with E-state index in [1.165, 1.54) is 3.69 Å². The van der Waals surface area contributed by atoms with E-state index in [2.05, 4.69) is 31.2 Å². The first-order chi connectivity index (χ1) is 8.26. The molecule has 0 saturated carbocycles. The molecular weight excluding hydrogens is 306 g/mol. The Morgan fingerprint density at radius 1 is 1.28 bits per heavy atom. The van der Waals surface area contributed by atoms with Crippen LogP contribution in [0.1, 0.15) is 19.8 Å². The lowest BCUT2D eigenvalue weighted by atomic mass is 10.2. The van der Waals surface area contributed by atoms with E-state index >= 15 is 0 Å². The summed E-state index contributed by atoms with van der Waals surface area (Å²) in [5.74, 6) is 0. The Hall–Kier alpha value is 0.346. The van der Waals surface area contributed by atoms with Crippen LogP contribution in [0.15, 0.2) is 30.3 Å². The van der Waals surface area contributed by atoms with Crippen LogP contribution in [0.3, 0.4) is 0 Å². The highest BCUT2D eigenvalue weighted by Gasteiger charge is 2.15. The van der Waals surface area contributed by atoms with Crippen LogP contribution in [-0.2, 0) is 9.47 Å². The van der Waals surface area contributed by atoms with Gasteiger partial charge in [-0.2, -0.15) is 3.69 Å². The van der Waals surface area contributed by atoms with Gasteiger partial charge in [0.05, 0.1) is 6.10 Å². The fourth-order valence-corrected chi connectivity index (χ4v) is 3.54. The molecule has 0 radical (unpaired) electrons. The lowest BCUT2D eigenvalue weighted by Gasteiger charge is -2.19. The van der Waals surface area contributed by atoms with E-state index in [1.807, 2.05) is 6.07 Å². The molecule has 2 N–H and O–H groups in total. The third-order valence-electron chi connectivity index (χ3n) is 2.78. The first-order valence-corrected chi connectivity index (χ1v) is 7.68. The van der Waals surface area contributed by atoms with Crippen molar-refractivity contribution in [1.29, 1.82) is 0 Å². The number of hydrogen-bond donors (Lipinski definition) is 1. The SMILES string of the molecule is Br.CCC(C[CH](N)[Mg][c]1ccccc1)OCOC. The second-order valence-corrected chi connectivity index (χ2v) is 6.56. The summed E-state index contributed by atoms with van der Waals surface area (Å²) in [5, 5.41) is 0. The number of benzene rings is 1. The summed E-state index contributed by atoms with van der Waals surface area (Å²) < 4.78 is 12.2. The van der Waals surface area contributed by atoms with Gasteiger partial charge in [0.1, 0.15) is 6.79 Å². The number of rotatable bonds is 8. The first kappa shape index (κ1) is 18.3. The van der Waals surface area contributed by atoms with Gasteiger partial charge in [0, 0.05) is 7.11 Å². The van der Waals surface area contributed by atoms with E-state index in [0.29, 0.717) is 6.79 Å². The van der Waals surface area contributed by atoms with E-state index in [0.717, 1.165) is 12.8 Å². The second kappa shape index (κ2) is 11.2. The van der Waals surface area contributed by atoms with E-state index < -0.39 is 20.4 Å². The highest BCUT2D eigenvalue weighted by atomic mass is 79.9. The van der Waals surface area contributed by atoms with Crippen LogP contribution in [0.4, 0.5) is 0 Å². The number of nitrogens with two attached hydrogens (primary N) is 1. The molecule has 0 saturated heterocycles. The standard InChI is InChI=1S/C7H16NO2.C6H5.BrH.Mg/c1-3-7(4-5-8)10-6-9-2;1-2-4-6-5-3-1;;/h5,7H,3-4,6,8H2,1-2H3;1-5H;1H;. The van der Waals surface area contributed by atoms with Gasteiger partial charge < -0.3 is 15.2 Å². The fourth-order valence-electron chi connectivity index (χ4n) is 1.85. The zero-order valence-corrected chi connectivity index (χ0v) is 14.3. The van der Waals surface area contributed by atoms with Crippen molar-refractivity contribution in [2.75, 3.05) is 13.9 Å². The predicted molar refractivity (Wildman–Crippen MR) is 81.8 cm³/mol. The van der Waals surface area contributed by atoms with Crippen LogP contribution in [0.25, 0.3) is 0 Å². The third-order valence-corrected chi connectivity index (χ3v) is 4.58. The Labute approximate surface area is 130 Å². The number of halogens is 1. The third kappa shape index (κ3) is 7.71. The minimum Gasteiger partial charge on any atom is -0.359 e. The van der Waals surface area contributed by atoms with Gasteiger partial charge in [-0.25, -0.2) is 0 Å². The van der Waals surface area contributed by atoms with Gasteiger partial charge in [-0.15, -0.1) is 17.0 Å². The van der Waals surface area contributed by atoms with Crippen molar-refractivity contribution in [3.8, 4) is 0 Å². The molecule has 1 rings (SSSR count). The minimum absolute atomic E-state index is 0. The maximum atomic E-state index is 6.19. The summed E-state index contributed by atoms with van der Waals surface area (Å²) in [4.78, 5) is 0. The quantitative estimate of drug-likeness (QED) is 0.583. The zero-order chi connectivity index (χ0) is 12.5. The summed E-state index contributed by atoms with van der Waals surface area (Å²) in [6.45, 7) is 2.48. The smallest absolute Gasteiger partial charge is 0.359 e. The molecule has 2 atom stereocenters. The molecule has 0 bridgehead atoms. The average Bonchev–Trinajstić information content (AvgIpc) is 2.35. The minimum atomic E-state index is -0.405. The number of methoxy groups -OCH3 is 1. The normalized spacial score (nSPS) is 13.3. The summed E-state index contributed by atoms with van der Waals surface area (Å²) in [6, 6.07) is 10.5. The molecule has 1 aromatic carbocycles. The van der Waals surface area contributed by atoms with Gasteiger partial charge in [-0.1, -0.05) is 41.4 Å². The molecule has 0 heterocycles. The van der Waals surface area contributed by atoms with Crippen molar-refractivity contribution >= 4 is 41.0 Å². The van der Waals surface area contributed by atoms with Crippen molar-refractivity contribution in [2.24, 2.45) is 5.73 Å². The maximum Gasteiger partial charge on any atom is 0.433 e. The van der Waals surface area contributed by atoms with Gasteiger partial charge in [0.25, 0.3) is 0 Å². The van der Waals surface area contributed by atoms with Crippen LogP contribution in [0, 0.1) is 0 Å². The average molecular weight is 329 g/mol. The Morgan fingerprint density at radius 3 is 2.50 bits per heavy atom. The molecule has 100 valence electrons. The van der Waals surface area contributed by atoms with Crippen LogP contribution in [0.5, 0.6) is 0 Å². The molecule has 0 aliphatic heterocycles. The molecule has 2 unspecified atom stereocenters. The van der Waals surface area contributed by atoms with Gasteiger partial charge in [0.2, 0.25) is 0 Å². The number of ether oxygens (including phenoxy) is 2. The second-order valence-electron chi connectivity index (χ2n) is 4.29. The van der Waals surface area contributed by atoms with Crippen molar-refractivity contribution in [1.82, 2.24) is 0 Å². The topological polar surface area (TPSA) is 44.5 Å². The molecule has 0 fully saturated rings. The summed E-state index contributed by atoms with van der Waals surface area (Å²) in [7, 11) is 1.64. The Balaban J connectivity index is 0.00000289. The largest absolute Gasteiger partial charge is 0.433 e. The van der Waals surface area contributed by atoms with E-state index in [-0.39, 0.29) is 27.3 Å².